The number of nitrogens with one attached hydrogen (secondary N) is 1. The lowest BCUT2D eigenvalue weighted by Crippen LogP contribution is -2.21. The lowest BCUT2D eigenvalue weighted by molar-refractivity contribution is 0.0538. The van der Waals surface area contributed by atoms with Crippen LogP contribution in [0.25, 0.3) is 16.9 Å². The number of carbonyl (C=O) groups excluding carboxylic acids is 1. The third-order valence-electron chi connectivity index (χ3n) is 4.22. The normalized spacial score (nSPS) is 11.9. The summed E-state index contributed by atoms with van der Waals surface area (Å²) in [5.41, 5.74) is 1.95. The number of nitrogens with zero attached hydrogens (tertiary/aromatic N) is 5. The zero-order valence-electron chi connectivity index (χ0n) is 15.7. The van der Waals surface area contributed by atoms with E-state index in [9.17, 15) is 9.90 Å². The van der Waals surface area contributed by atoms with Crippen molar-refractivity contribution >= 4 is 17.4 Å². The van der Waals surface area contributed by atoms with E-state index in [0.29, 0.717) is 28.5 Å². The molecule has 0 spiro atoms. The molecule has 10 nitrogen and oxygen atoms in total. The van der Waals surface area contributed by atoms with E-state index in [2.05, 4.69) is 25.4 Å². The molecule has 0 radical (unpaired) electrons. The molecule has 0 unspecified atom stereocenters. The maximum absolute atomic E-state index is 12.7. The van der Waals surface area contributed by atoms with Crippen LogP contribution in [0.5, 0.6) is 5.75 Å². The smallest absolute Gasteiger partial charge is 0.277 e. The van der Waals surface area contributed by atoms with Gasteiger partial charge in [-0.05, 0) is 30.3 Å². The molecule has 0 fully saturated rings. The first-order valence-corrected chi connectivity index (χ1v) is 9.09. The van der Waals surface area contributed by atoms with Crippen LogP contribution in [0.2, 0.25) is 0 Å². The largest absolute Gasteiger partial charge is 0.490 e. The monoisotopic (exact) mass is 406 g/mol. The Labute approximate surface area is 170 Å². The third kappa shape index (κ3) is 4.09. The van der Waals surface area contributed by atoms with Gasteiger partial charge in [-0.25, -0.2) is 19.5 Å². The van der Waals surface area contributed by atoms with Crippen molar-refractivity contribution in [1.82, 2.24) is 24.6 Å². The number of anilines is 1. The Hall–Kier alpha value is -3.89. The maximum atomic E-state index is 12.7. The van der Waals surface area contributed by atoms with Crippen molar-refractivity contribution in [3.05, 3.63) is 66.9 Å². The highest BCUT2D eigenvalue weighted by Gasteiger charge is 2.16. The molecule has 3 aromatic heterocycles. The van der Waals surface area contributed by atoms with Gasteiger partial charge < -0.3 is 20.3 Å². The summed E-state index contributed by atoms with van der Waals surface area (Å²) in [7, 11) is 0. The molecule has 1 amide bonds. The average molecular weight is 406 g/mol. The number of imidazole rings is 1. The second kappa shape index (κ2) is 8.64. The Kier molecular flexibility index (Phi) is 5.59. The second-order valence-electron chi connectivity index (χ2n) is 6.32. The summed E-state index contributed by atoms with van der Waals surface area (Å²) in [6.45, 7) is -0.459. The molecule has 4 aromatic rings. The fraction of sp³-hybridized carbons (Fsp3) is 0.150. The highest BCUT2D eigenvalue weighted by Crippen LogP contribution is 2.28. The summed E-state index contributed by atoms with van der Waals surface area (Å²) >= 11 is 0. The van der Waals surface area contributed by atoms with Gasteiger partial charge in [-0.15, -0.1) is 0 Å². The molecule has 0 bridgehead atoms. The molecule has 3 heterocycles. The topological polar surface area (TPSA) is 135 Å². The SMILES string of the molecule is O=C(Nc1ccncn1)c1cnc2ccc(-c3ccccc3OC[C@H](O)CO)nn12. The number of amides is 1. The Morgan fingerprint density at radius 1 is 1.17 bits per heavy atom. The molecular weight excluding hydrogens is 388 g/mol. The van der Waals surface area contributed by atoms with Crippen LogP contribution in [-0.2, 0) is 0 Å². The minimum atomic E-state index is -0.987. The van der Waals surface area contributed by atoms with Crippen LogP contribution in [0, 0.1) is 0 Å². The van der Waals surface area contributed by atoms with Gasteiger partial charge in [-0.1, -0.05) is 12.1 Å². The van der Waals surface area contributed by atoms with E-state index in [1.165, 1.54) is 23.2 Å². The third-order valence-corrected chi connectivity index (χ3v) is 4.22. The molecule has 0 aliphatic rings. The molecule has 0 saturated carbocycles. The Balaban J connectivity index is 1.66. The Morgan fingerprint density at radius 3 is 2.83 bits per heavy atom. The first-order chi connectivity index (χ1) is 14.7. The van der Waals surface area contributed by atoms with Crippen molar-refractivity contribution in [3.63, 3.8) is 0 Å². The molecule has 4 rings (SSSR count). The van der Waals surface area contributed by atoms with Crippen LogP contribution in [-0.4, -0.2) is 60.0 Å². The highest BCUT2D eigenvalue weighted by atomic mass is 16.5. The Bertz CT molecular complexity index is 1160. The molecule has 152 valence electrons. The van der Waals surface area contributed by atoms with E-state index in [1.807, 2.05) is 12.1 Å². The predicted molar refractivity (Wildman–Crippen MR) is 107 cm³/mol. The van der Waals surface area contributed by atoms with Gasteiger partial charge in [-0.3, -0.25) is 4.79 Å². The minimum Gasteiger partial charge on any atom is -0.490 e. The van der Waals surface area contributed by atoms with Gasteiger partial charge in [0, 0.05) is 11.8 Å². The van der Waals surface area contributed by atoms with Gasteiger partial charge in [0.1, 0.15) is 30.6 Å². The van der Waals surface area contributed by atoms with E-state index in [1.54, 1.807) is 30.3 Å². The van der Waals surface area contributed by atoms with Crippen molar-refractivity contribution in [3.8, 4) is 17.0 Å². The Morgan fingerprint density at radius 2 is 2.03 bits per heavy atom. The molecule has 1 atom stereocenters. The van der Waals surface area contributed by atoms with Gasteiger partial charge in [-0.2, -0.15) is 5.10 Å². The number of carbonyl (C=O) groups is 1. The average Bonchev–Trinajstić information content (AvgIpc) is 3.21. The van der Waals surface area contributed by atoms with Gasteiger partial charge in [0.25, 0.3) is 5.91 Å². The van der Waals surface area contributed by atoms with Crippen LogP contribution in [0.4, 0.5) is 5.82 Å². The van der Waals surface area contributed by atoms with Crippen molar-refractivity contribution < 1.29 is 19.7 Å². The fourth-order valence-electron chi connectivity index (χ4n) is 2.76. The van der Waals surface area contributed by atoms with E-state index >= 15 is 0 Å². The first-order valence-electron chi connectivity index (χ1n) is 9.09. The summed E-state index contributed by atoms with van der Waals surface area (Å²) in [5.74, 6) is 0.438. The molecule has 3 N–H and O–H groups in total. The number of rotatable bonds is 7. The number of aliphatic hydroxyl groups is 2. The zero-order chi connectivity index (χ0) is 20.9. The minimum absolute atomic E-state index is 0.0621. The lowest BCUT2D eigenvalue weighted by Gasteiger charge is -2.13. The van der Waals surface area contributed by atoms with Crippen LogP contribution < -0.4 is 10.1 Å². The molecule has 0 saturated heterocycles. The van der Waals surface area contributed by atoms with Crippen molar-refractivity contribution in [1.29, 1.82) is 0 Å². The number of hydrogen-bond donors (Lipinski definition) is 3. The number of hydrogen-bond acceptors (Lipinski definition) is 8. The van der Waals surface area contributed by atoms with E-state index in [0.717, 1.165) is 0 Å². The lowest BCUT2D eigenvalue weighted by atomic mass is 10.1. The van der Waals surface area contributed by atoms with Crippen LogP contribution >= 0.6 is 0 Å². The van der Waals surface area contributed by atoms with Crippen LogP contribution in [0.3, 0.4) is 0 Å². The first kappa shape index (κ1) is 19.4. The zero-order valence-corrected chi connectivity index (χ0v) is 15.7. The quantitative estimate of drug-likeness (QED) is 0.416. The number of ether oxygens (including phenoxy) is 1. The maximum Gasteiger partial charge on any atom is 0.277 e. The van der Waals surface area contributed by atoms with Gasteiger partial charge in [0.15, 0.2) is 11.3 Å². The predicted octanol–water partition coefficient (Wildman–Crippen LogP) is 1.17. The molecule has 0 aliphatic carbocycles. The van der Waals surface area contributed by atoms with E-state index in [-0.39, 0.29) is 12.3 Å². The molecule has 0 aliphatic heterocycles. The summed E-state index contributed by atoms with van der Waals surface area (Å²) in [5, 5.41) is 25.8. The van der Waals surface area contributed by atoms with Crippen molar-refractivity contribution in [2.75, 3.05) is 18.5 Å². The number of para-hydroxylation sites is 1. The number of benzene rings is 1. The molecule has 30 heavy (non-hydrogen) atoms. The van der Waals surface area contributed by atoms with E-state index < -0.39 is 18.6 Å². The van der Waals surface area contributed by atoms with Crippen molar-refractivity contribution in [2.45, 2.75) is 6.10 Å². The number of aliphatic hydroxyl groups excluding tert-OH is 2. The van der Waals surface area contributed by atoms with Gasteiger partial charge in [0.05, 0.1) is 18.5 Å². The molecular formula is C20H18N6O4. The molecule has 1 aromatic carbocycles. The number of fused-ring (bicyclic) bond motifs is 1. The van der Waals surface area contributed by atoms with Crippen LogP contribution in [0.15, 0.2) is 61.2 Å². The van der Waals surface area contributed by atoms with Gasteiger partial charge in [0.2, 0.25) is 0 Å². The van der Waals surface area contributed by atoms with Crippen molar-refractivity contribution in [2.24, 2.45) is 0 Å². The van der Waals surface area contributed by atoms with Crippen LogP contribution in [0.1, 0.15) is 10.5 Å². The van der Waals surface area contributed by atoms with E-state index in [4.69, 9.17) is 9.84 Å². The molecule has 10 heteroatoms. The standard InChI is InChI=1S/C20H18N6O4/c27-10-13(28)11-30-17-4-2-1-3-14(17)15-5-6-19-22-9-16(26(19)25-15)20(29)24-18-7-8-21-12-23-18/h1-9,12-13,27-28H,10-11H2,(H,21,23,24,29)/t13-/m1/s1. The fourth-order valence-corrected chi connectivity index (χ4v) is 2.76. The summed E-state index contributed by atoms with van der Waals surface area (Å²) < 4.78 is 7.06. The van der Waals surface area contributed by atoms with Gasteiger partial charge >= 0.3 is 0 Å². The second-order valence-corrected chi connectivity index (χ2v) is 6.32. The highest BCUT2D eigenvalue weighted by molar-refractivity contribution is 6.02. The summed E-state index contributed by atoms with van der Waals surface area (Å²) in [4.78, 5) is 24.7. The summed E-state index contributed by atoms with van der Waals surface area (Å²) in [6.07, 6.45) is 3.31. The number of aromatic nitrogens is 5. The summed E-state index contributed by atoms with van der Waals surface area (Å²) in [6, 6.07) is 12.2.